The number of amides is 2. The molecule has 1 aliphatic heterocycles. The summed E-state index contributed by atoms with van der Waals surface area (Å²) in [5.41, 5.74) is 1.84. The molecule has 0 bridgehead atoms. The highest BCUT2D eigenvalue weighted by Crippen LogP contribution is 2.22. The van der Waals surface area contributed by atoms with Gasteiger partial charge in [0.2, 0.25) is 5.91 Å². The fourth-order valence-electron chi connectivity index (χ4n) is 3.65. The third-order valence-corrected chi connectivity index (χ3v) is 5.51. The van der Waals surface area contributed by atoms with Crippen LogP contribution in [0.5, 0.6) is 0 Å². The van der Waals surface area contributed by atoms with E-state index in [1.165, 1.54) is 18.4 Å². The van der Waals surface area contributed by atoms with Gasteiger partial charge in [-0.25, -0.2) is 0 Å². The minimum Gasteiger partial charge on any atom is -0.356 e. The number of benzene rings is 1. The smallest absolute Gasteiger partial charge is 0.251 e. The second kappa shape index (κ2) is 9.87. The Balaban J connectivity index is 1.37. The van der Waals surface area contributed by atoms with Gasteiger partial charge >= 0.3 is 0 Å². The second-order valence-electron chi connectivity index (χ2n) is 8.93. The highest BCUT2D eigenvalue weighted by atomic mass is 16.2. The summed E-state index contributed by atoms with van der Waals surface area (Å²) in [6.45, 7) is 8.22. The van der Waals surface area contributed by atoms with E-state index in [0.29, 0.717) is 25.1 Å². The Morgan fingerprint density at radius 2 is 1.77 bits per heavy atom. The minimum absolute atomic E-state index is 0.0536. The van der Waals surface area contributed by atoms with Crippen LogP contribution in [0.2, 0.25) is 0 Å². The quantitative estimate of drug-likeness (QED) is 0.733. The third kappa shape index (κ3) is 5.90. The first-order valence-corrected chi connectivity index (χ1v) is 10.9. The zero-order valence-electron chi connectivity index (χ0n) is 18.3. The molecule has 3 rings (SSSR count). The van der Waals surface area contributed by atoms with Gasteiger partial charge in [0.1, 0.15) is 11.6 Å². The van der Waals surface area contributed by atoms with Crippen LogP contribution >= 0.6 is 0 Å². The van der Waals surface area contributed by atoms with Gasteiger partial charge in [-0.1, -0.05) is 39.3 Å². The summed E-state index contributed by atoms with van der Waals surface area (Å²) in [5, 5.41) is 14.3. The zero-order chi connectivity index (χ0) is 21.6. The summed E-state index contributed by atoms with van der Waals surface area (Å²) < 4.78 is 2.20. The Kier molecular flexibility index (Phi) is 7.24. The standard InChI is InChI=1S/C23H33N5O2/c1-23(2,3)18-10-8-17(9-11-18)22(30)25-15-13-21(29)24-14-12-20-27-26-19-7-5-4-6-16-28(19)20/h8-11H,4-7,12-16H2,1-3H3,(H,24,29)(H,25,30). The number of carbonyl (C=O) groups excluding carboxylic acids is 2. The van der Waals surface area contributed by atoms with E-state index < -0.39 is 0 Å². The van der Waals surface area contributed by atoms with Crippen molar-refractivity contribution in [3.8, 4) is 0 Å². The van der Waals surface area contributed by atoms with Crippen LogP contribution in [0.15, 0.2) is 24.3 Å². The van der Waals surface area contributed by atoms with Crippen LogP contribution in [0.1, 0.15) is 74.0 Å². The van der Waals surface area contributed by atoms with E-state index >= 15 is 0 Å². The van der Waals surface area contributed by atoms with E-state index in [1.807, 2.05) is 24.3 Å². The summed E-state index contributed by atoms with van der Waals surface area (Å²) in [4.78, 5) is 24.3. The lowest BCUT2D eigenvalue weighted by Crippen LogP contribution is -2.32. The lowest BCUT2D eigenvalue weighted by atomic mass is 9.87. The van der Waals surface area contributed by atoms with Crippen molar-refractivity contribution in [1.82, 2.24) is 25.4 Å². The number of nitrogens with one attached hydrogen (secondary N) is 2. The molecule has 1 aliphatic rings. The Hall–Kier alpha value is -2.70. The molecule has 162 valence electrons. The van der Waals surface area contributed by atoms with Crippen molar-refractivity contribution in [1.29, 1.82) is 0 Å². The molecule has 30 heavy (non-hydrogen) atoms. The normalized spacial score (nSPS) is 14.0. The van der Waals surface area contributed by atoms with E-state index in [-0.39, 0.29) is 23.7 Å². The SMILES string of the molecule is CC(C)(C)c1ccc(C(=O)NCCC(=O)NCCc2nnc3n2CCCCC3)cc1. The Labute approximate surface area is 178 Å². The number of hydrogen-bond donors (Lipinski definition) is 2. The Bertz CT molecular complexity index is 865. The molecule has 7 heteroatoms. The maximum Gasteiger partial charge on any atom is 0.251 e. The molecule has 2 heterocycles. The van der Waals surface area contributed by atoms with Crippen LogP contribution in [-0.2, 0) is 29.6 Å². The molecule has 0 atom stereocenters. The lowest BCUT2D eigenvalue weighted by Gasteiger charge is -2.19. The highest BCUT2D eigenvalue weighted by molar-refractivity contribution is 5.94. The molecule has 2 aromatic rings. The minimum atomic E-state index is -0.158. The molecule has 0 saturated carbocycles. The van der Waals surface area contributed by atoms with E-state index in [0.717, 1.165) is 31.0 Å². The summed E-state index contributed by atoms with van der Waals surface area (Å²) in [5.74, 6) is 1.77. The molecule has 2 amide bonds. The predicted octanol–water partition coefficient (Wildman–Crippen LogP) is 2.78. The Morgan fingerprint density at radius 1 is 1.00 bits per heavy atom. The van der Waals surface area contributed by atoms with Crippen LogP contribution in [-0.4, -0.2) is 39.7 Å². The molecule has 0 unspecified atom stereocenters. The van der Waals surface area contributed by atoms with Gasteiger partial charge in [0, 0.05) is 44.5 Å². The van der Waals surface area contributed by atoms with Crippen molar-refractivity contribution in [3.05, 3.63) is 47.0 Å². The van der Waals surface area contributed by atoms with Gasteiger partial charge in [-0.2, -0.15) is 0 Å². The first-order valence-electron chi connectivity index (χ1n) is 10.9. The number of carbonyl (C=O) groups is 2. The third-order valence-electron chi connectivity index (χ3n) is 5.51. The van der Waals surface area contributed by atoms with Gasteiger partial charge < -0.3 is 15.2 Å². The number of aryl methyl sites for hydroxylation is 1. The summed E-state index contributed by atoms with van der Waals surface area (Å²) in [6.07, 6.45) is 5.46. The molecule has 0 radical (unpaired) electrons. The topological polar surface area (TPSA) is 88.9 Å². The molecule has 1 aromatic carbocycles. The number of hydrogen-bond acceptors (Lipinski definition) is 4. The summed E-state index contributed by atoms with van der Waals surface area (Å²) >= 11 is 0. The highest BCUT2D eigenvalue weighted by Gasteiger charge is 2.15. The van der Waals surface area contributed by atoms with Crippen molar-refractivity contribution in [3.63, 3.8) is 0 Å². The predicted molar refractivity (Wildman–Crippen MR) is 116 cm³/mol. The molecule has 7 nitrogen and oxygen atoms in total. The average molecular weight is 412 g/mol. The molecule has 0 saturated heterocycles. The van der Waals surface area contributed by atoms with Crippen LogP contribution in [0.3, 0.4) is 0 Å². The Morgan fingerprint density at radius 3 is 2.50 bits per heavy atom. The van der Waals surface area contributed by atoms with Gasteiger partial charge in [-0.15, -0.1) is 10.2 Å². The van der Waals surface area contributed by atoms with E-state index in [2.05, 4.69) is 46.2 Å². The zero-order valence-corrected chi connectivity index (χ0v) is 18.3. The molecule has 1 aromatic heterocycles. The molecule has 0 fully saturated rings. The van der Waals surface area contributed by atoms with Crippen LogP contribution in [0.25, 0.3) is 0 Å². The maximum atomic E-state index is 12.3. The van der Waals surface area contributed by atoms with E-state index in [9.17, 15) is 9.59 Å². The monoisotopic (exact) mass is 411 g/mol. The van der Waals surface area contributed by atoms with Crippen molar-refractivity contribution in [2.75, 3.05) is 13.1 Å². The van der Waals surface area contributed by atoms with Crippen molar-refractivity contribution < 1.29 is 9.59 Å². The molecule has 0 spiro atoms. The van der Waals surface area contributed by atoms with Crippen molar-refractivity contribution in [2.45, 2.75) is 71.3 Å². The van der Waals surface area contributed by atoms with Gasteiger partial charge in [0.05, 0.1) is 0 Å². The van der Waals surface area contributed by atoms with Gasteiger partial charge in [0.25, 0.3) is 5.91 Å². The lowest BCUT2D eigenvalue weighted by molar-refractivity contribution is -0.120. The fraction of sp³-hybridized carbons (Fsp3) is 0.565. The number of rotatable bonds is 7. The number of fused-ring (bicyclic) bond motifs is 1. The second-order valence-corrected chi connectivity index (χ2v) is 8.93. The van der Waals surface area contributed by atoms with Crippen LogP contribution < -0.4 is 10.6 Å². The van der Waals surface area contributed by atoms with Crippen LogP contribution in [0.4, 0.5) is 0 Å². The first-order chi connectivity index (χ1) is 14.3. The molecule has 2 N–H and O–H groups in total. The van der Waals surface area contributed by atoms with Gasteiger partial charge in [-0.3, -0.25) is 9.59 Å². The van der Waals surface area contributed by atoms with Crippen LogP contribution in [0, 0.1) is 0 Å². The van der Waals surface area contributed by atoms with Crippen molar-refractivity contribution >= 4 is 11.8 Å². The van der Waals surface area contributed by atoms with E-state index in [1.54, 1.807) is 0 Å². The number of aromatic nitrogens is 3. The summed E-state index contributed by atoms with van der Waals surface area (Å²) in [6, 6.07) is 7.62. The van der Waals surface area contributed by atoms with Crippen molar-refractivity contribution in [2.24, 2.45) is 0 Å². The average Bonchev–Trinajstić information content (AvgIpc) is 2.93. The first kappa shape index (κ1) is 22.0. The van der Waals surface area contributed by atoms with Gasteiger partial charge in [-0.05, 0) is 36.0 Å². The summed E-state index contributed by atoms with van der Waals surface area (Å²) in [7, 11) is 0. The maximum absolute atomic E-state index is 12.3. The largest absolute Gasteiger partial charge is 0.356 e. The fourth-order valence-corrected chi connectivity index (χ4v) is 3.65. The molecule has 0 aliphatic carbocycles. The molecular weight excluding hydrogens is 378 g/mol. The van der Waals surface area contributed by atoms with Gasteiger partial charge in [0.15, 0.2) is 0 Å². The molecular formula is C23H33N5O2. The van der Waals surface area contributed by atoms with E-state index in [4.69, 9.17) is 0 Å². The number of nitrogens with zero attached hydrogens (tertiary/aromatic N) is 3.